The van der Waals surface area contributed by atoms with Gasteiger partial charge in [-0.25, -0.2) is 0 Å². The SMILES string of the molecule is CC(=O)OCCCCCCOc1cc[c]cc1. The Balaban J connectivity index is 1.90. The largest absolute Gasteiger partial charge is 0.494 e. The lowest BCUT2D eigenvalue weighted by Crippen LogP contribution is -2.01. The zero-order valence-corrected chi connectivity index (χ0v) is 10.3. The van der Waals surface area contributed by atoms with Gasteiger partial charge in [0, 0.05) is 6.92 Å². The molecule has 0 aliphatic carbocycles. The predicted octanol–water partition coefficient (Wildman–Crippen LogP) is 2.99. The van der Waals surface area contributed by atoms with Crippen molar-refractivity contribution in [1.29, 1.82) is 0 Å². The lowest BCUT2D eigenvalue weighted by molar-refractivity contribution is -0.141. The molecule has 17 heavy (non-hydrogen) atoms. The van der Waals surface area contributed by atoms with Crippen LogP contribution in [0.3, 0.4) is 0 Å². The van der Waals surface area contributed by atoms with Crippen molar-refractivity contribution in [2.45, 2.75) is 32.6 Å². The van der Waals surface area contributed by atoms with Gasteiger partial charge in [0.15, 0.2) is 0 Å². The summed E-state index contributed by atoms with van der Waals surface area (Å²) >= 11 is 0. The van der Waals surface area contributed by atoms with Gasteiger partial charge in [-0.1, -0.05) is 12.1 Å². The summed E-state index contributed by atoms with van der Waals surface area (Å²) in [4.78, 5) is 10.5. The van der Waals surface area contributed by atoms with Gasteiger partial charge in [-0.05, 0) is 43.9 Å². The molecule has 0 saturated carbocycles. The maximum absolute atomic E-state index is 10.5. The molecular formula is C14H19O3. The maximum atomic E-state index is 10.5. The van der Waals surface area contributed by atoms with Gasteiger partial charge < -0.3 is 9.47 Å². The highest BCUT2D eigenvalue weighted by Gasteiger charge is 1.95. The molecule has 0 amide bonds. The van der Waals surface area contributed by atoms with Crippen LogP contribution in [0.4, 0.5) is 0 Å². The lowest BCUT2D eigenvalue weighted by atomic mass is 10.2. The third-order valence-corrected chi connectivity index (χ3v) is 2.30. The van der Waals surface area contributed by atoms with Gasteiger partial charge in [0.1, 0.15) is 5.75 Å². The van der Waals surface area contributed by atoms with Crippen molar-refractivity contribution < 1.29 is 14.3 Å². The number of rotatable bonds is 8. The summed E-state index contributed by atoms with van der Waals surface area (Å²) in [5.74, 6) is 0.692. The van der Waals surface area contributed by atoms with Crippen molar-refractivity contribution in [1.82, 2.24) is 0 Å². The van der Waals surface area contributed by atoms with E-state index in [1.807, 2.05) is 24.3 Å². The normalized spacial score (nSPS) is 9.94. The number of unbranched alkanes of at least 4 members (excludes halogenated alkanes) is 3. The number of hydrogen-bond acceptors (Lipinski definition) is 3. The Morgan fingerprint density at radius 1 is 1.12 bits per heavy atom. The number of ether oxygens (including phenoxy) is 2. The van der Waals surface area contributed by atoms with Gasteiger partial charge in [-0.15, -0.1) is 0 Å². The minimum absolute atomic E-state index is 0.200. The third-order valence-electron chi connectivity index (χ3n) is 2.30. The minimum atomic E-state index is -0.200. The highest BCUT2D eigenvalue weighted by Crippen LogP contribution is 2.09. The molecule has 0 fully saturated rings. The minimum Gasteiger partial charge on any atom is -0.494 e. The van der Waals surface area contributed by atoms with Crippen LogP contribution in [0.2, 0.25) is 0 Å². The Morgan fingerprint density at radius 2 is 1.76 bits per heavy atom. The van der Waals surface area contributed by atoms with Gasteiger partial charge >= 0.3 is 5.97 Å². The smallest absolute Gasteiger partial charge is 0.302 e. The molecular weight excluding hydrogens is 216 g/mol. The van der Waals surface area contributed by atoms with Crippen molar-refractivity contribution in [2.75, 3.05) is 13.2 Å². The Bertz CT molecular complexity index is 309. The first-order chi connectivity index (χ1) is 8.29. The Labute approximate surface area is 103 Å². The molecule has 0 heterocycles. The molecule has 1 aromatic rings. The quantitative estimate of drug-likeness (QED) is 0.513. The van der Waals surface area contributed by atoms with E-state index in [9.17, 15) is 4.79 Å². The molecule has 0 aromatic heterocycles. The molecule has 0 unspecified atom stereocenters. The van der Waals surface area contributed by atoms with Crippen LogP contribution in [-0.4, -0.2) is 19.2 Å². The lowest BCUT2D eigenvalue weighted by Gasteiger charge is -2.05. The van der Waals surface area contributed by atoms with Crippen molar-refractivity contribution in [3.8, 4) is 5.75 Å². The van der Waals surface area contributed by atoms with E-state index in [1.54, 1.807) is 0 Å². The molecule has 1 rings (SSSR count). The molecule has 0 bridgehead atoms. The summed E-state index contributed by atoms with van der Waals surface area (Å²) in [5, 5.41) is 0. The van der Waals surface area contributed by atoms with Gasteiger partial charge in [-0.3, -0.25) is 4.79 Å². The van der Waals surface area contributed by atoms with Crippen molar-refractivity contribution in [3.63, 3.8) is 0 Å². The summed E-state index contributed by atoms with van der Waals surface area (Å²) in [7, 11) is 0. The fourth-order valence-corrected chi connectivity index (χ4v) is 1.43. The first-order valence-electron chi connectivity index (χ1n) is 6.01. The maximum Gasteiger partial charge on any atom is 0.302 e. The summed E-state index contributed by atoms with van der Waals surface area (Å²) < 4.78 is 10.4. The van der Waals surface area contributed by atoms with Crippen LogP contribution >= 0.6 is 0 Å². The predicted molar refractivity (Wildman–Crippen MR) is 65.9 cm³/mol. The van der Waals surface area contributed by atoms with E-state index in [-0.39, 0.29) is 5.97 Å². The molecule has 0 atom stereocenters. The Kier molecular flexibility index (Phi) is 6.87. The monoisotopic (exact) mass is 235 g/mol. The zero-order valence-electron chi connectivity index (χ0n) is 10.3. The van der Waals surface area contributed by atoms with Crippen molar-refractivity contribution >= 4 is 5.97 Å². The highest BCUT2D eigenvalue weighted by atomic mass is 16.5. The second-order valence-electron chi connectivity index (χ2n) is 3.84. The number of hydrogen-bond donors (Lipinski definition) is 0. The van der Waals surface area contributed by atoms with Crippen molar-refractivity contribution in [3.05, 3.63) is 30.3 Å². The van der Waals surface area contributed by atoms with Crippen LogP contribution in [0, 0.1) is 6.07 Å². The number of carbonyl (C=O) groups excluding carboxylic acids is 1. The van der Waals surface area contributed by atoms with Crippen LogP contribution < -0.4 is 4.74 Å². The number of esters is 1. The van der Waals surface area contributed by atoms with E-state index in [1.165, 1.54) is 6.92 Å². The van der Waals surface area contributed by atoms with Crippen LogP contribution in [0.5, 0.6) is 5.75 Å². The van der Waals surface area contributed by atoms with E-state index in [0.29, 0.717) is 6.61 Å². The molecule has 1 radical (unpaired) electrons. The second-order valence-corrected chi connectivity index (χ2v) is 3.84. The molecule has 0 N–H and O–H groups in total. The van der Waals surface area contributed by atoms with Gasteiger partial charge in [0.25, 0.3) is 0 Å². The molecule has 1 aromatic carbocycles. The first kappa shape index (κ1) is 13.6. The van der Waals surface area contributed by atoms with E-state index >= 15 is 0 Å². The average Bonchev–Trinajstić information content (AvgIpc) is 2.33. The molecule has 0 spiro atoms. The number of carbonyl (C=O) groups is 1. The fraction of sp³-hybridized carbons (Fsp3) is 0.500. The van der Waals surface area contributed by atoms with Crippen LogP contribution in [0.25, 0.3) is 0 Å². The van der Waals surface area contributed by atoms with Gasteiger partial charge in [-0.2, -0.15) is 0 Å². The molecule has 3 nitrogen and oxygen atoms in total. The molecule has 0 aliphatic rings. The van der Waals surface area contributed by atoms with Crippen LogP contribution in [0.1, 0.15) is 32.6 Å². The van der Waals surface area contributed by atoms with Crippen LogP contribution in [0.15, 0.2) is 24.3 Å². The summed E-state index contributed by atoms with van der Waals surface area (Å²) in [6.07, 6.45) is 4.12. The first-order valence-corrected chi connectivity index (χ1v) is 6.01. The van der Waals surface area contributed by atoms with E-state index in [4.69, 9.17) is 9.47 Å². The van der Waals surface area contributed by atoms with Gasteiger partial charge in [0.2, 0.25) is 0 Å². The Hall–Kier alpha value is -1.51. The molecule has 0 aliphatic heterocycles. The number of benzene rings is 1. The standard InChI is InChI=1S/C14H19O3/c1-13(15)16-11-7-2-3-8-12-17-14-9-5-4-6-10-14/h5-6,9-10H,2-3,7-8,11-12H2,1H3. The second kappa shape index (κ2) is 8.62. The summed E-state index contributed by atoms with van der Waals surface area (Å²) in [5.41, 5.74) is 0. The molecule has 93 valence electrons. The summed E-state index contributed by atoms with van der Waals surface area (Å²) in [6, 6.07) is 10.4. The fourth-order valence-electron chi connectivity index (χ4n) is 1.43. The van der Waals surface area contributed by atoms with Gasteiger partial charge in [0.05, 0.1) is 13.2 Å². The van der Waals surface area contributed by atoms with E-state index in [2.05, 4.69) is 6.07 Å². The molecule has 3 heteroatoms. The Morgan fingerprint density at radius 3 is 2.41 bits per heavy atom. The topological polar surface area (TPSA) is 35.5 Å². The average molecular weight is 235 g/mol. The highest BCUT2D eigenvalue weighted by molar-refractivity contribution is 5.65. The van der Waals surface area contributed by atoms with Crippen LogP contribution in [-0.2, 0) is 9.53 Å². The molecule has 0 saturated heterocycles. The third kappa shape index (κ3) is 7.39. The van der Waals surface area contributed by atoms with Crippen molar-refractivity contribution in [2.24, 2.45) is 0 Å². The zero-order chi connectivity index (χ0) is 12.3. The van der Waals surface area contributed by atoms with E-state index < -0.39 is 0 Å². The van der Waals surface area contributed by atoms with E-state index in [0.717, 1.165) is 38.0 Å². The summed E-state index contributed by atoms with van der Waals surface area (Å²) in [6.45, 7) is 2.70.